The van der Waals surface area contributed by atoms with E-state index in [4.69, 9.17) is 4.98 Å². The molecule has 0 bridgehead atoms. The number of H-pyrrole nitrogens is 1. The van der Waals surface area contributed by atoms with E-state index in [0.717, 1.165) is 55.8 Å². The molecule has 1 fully saturated rings. The quantitative estimate of drug-likeness (QED) is 0.494. The van der Waals surface area contributed by atoms with Crippen LogP contribution < -0.4 is 0 Å². The van der Waals surface area contributed by atoms with Crippen LogP contribution in [0.15, 0.2) is 48.7 Å². The lowest BCUT2D eigenvalue weighted by molar-refractivity contribution is -0.124. The molecule has 5 nitrogen and oxygen atoms in total. The van der Waals surface area contributed by atoms with Crippen LogP contribution in [-0.4, -0.2) is 38.3 Å². The second-order valence-electron chi connectivity index (χ2n) is 8.96. The minimum atomic E-state index is 0.191. The molecule has 0 atom stereocenters. The summed E-state index contributed by atoms with van der Waals surface area (Å²) in [6, 6.07) is 14.7. The average Bonchev–Trinajstić information content (AvgIpc) is 3.33. The van der Waals surface area contributed by atoms with Crippen molar-refractivity contribution in [2.45, 2.75) is 39.2 Å². The Balaban J connectivity index is 1.16. The van der Waals surface area contributed by atoms with Crippen molar-refractivity contribution in [3.8, 4) is 0 Å². The lowest BCUT2D eigenvalue weighted by Crippen LogP contribution is -2.36. The highest BCUT2D eigenvalue weighted by Crippen LogP contribution is 2.25. The topological polar surface area (TPSA) is 53.9 Å². The van der Waals surface area contributed by atoms with Gasteiger partial charge in [-0.25, -0.2) is 4.98 Å². The molecule has 1 N–H and O–H groups in total. The third-order valence-corrected chi connectivity index (χ3v) is 6.83. The summed E-state index contributed by atoms with van der Waals surface area (Å²) in [5.74, 6) is 1.59. The van der Waals surface area contributed by atoms with Gasteiger partial charge >= 0.3 is 0 Å². The van der Waals surface area contributed by atoms with Crippen molar-refractivity contribution < 1.29 is 4.79 Å². The van der Waals surface area contributed by atoms with Crippen LogP contribution in [-0.2, 0) is 24.8 Å². The summed E-state index contributed by atoms with van der Waals surface area (Å²) in [6.45, 7) is 5.06. The van der Waals surface area contributed by atoms with Gasteiger partial charge in [-0.1, -0.05) is 23.8 Å². The van der Waals surface area contributed by atoms with Crippen LogP contribution in [0.1, 0.15) is 36.2 Å². The van der Waals surface area contributed by atoms with Crippen LogP contribution in [0.25, 0.3) is 21.9 Å². The molecule has 0 amide bonds. The number of rotatable bonds is 6. The molecular weight excluding hydrogens is 384 g/mol. The maximum absolute atomic E-state index is 12.9. The summed E-state index contributed by atoms with van der Waals surface area (Å²) in [4.78, 5) is 23.5. The van der Waals surface area contributed by atoms with Crippen molar-refractivity contribution in [2.24, 2.45) is 13.0 Å². The van der Waals surface area contributed by atoms with Gasteiger partial charge < -0.3 is 9.55 Å². The van der Waals surface area contributed by atoms with Crippen molar-refractivity contribution in [1.29, 1.82) is 0 Å². The Morgan fingerprint density at radius 2 is 1.97 bits per heavy atom. The minimum absolute atomic E-state index is 0.191. The Morgan fingerprint density at radius 3 is 2.77 bits per heavy atom. The number of carbonyl (C=O) groups excluding carboxylic acids is 1. The van der Waals surface area contributed by atoms with E-state index in [0.29, 0.717) is 12.2 Å². The van der Waals surface area contributed by atoms with Gasteiger partial charge in [0.05, 0.1) is 11.0 Å². The number of hydrogen-bond acceptors (Lipinski definition) is 3. The van der Waals surface area contributed by atoms with Gasteiger partial charge in [0, 0.05) is 49.5 Å². The van der Waals surface area contributed by atoms with Crippen LogP contribution >= 0.6 is 0 Å². The Labute approximate surface area is 183 Å². The van der Waals surface area contributed by atoms with Crippen molar-refractivity contribution in [3.63, 3.8) is 0 Å². The summed E-state index contributed by atoms with van der Waals surface area (Å²) in [5, 5.41) is 1.32. The molecule has 1 aliphatic rings. The number of hydrogen-bond donors (Lipinski definition) is 1. The molecule has 2 aromatic heterocycles. The zero-order valence-electron chi connectivity index (χ0n) is 18.4. The highest BCUT2D eigenvalue weighted by Gasteiger charge is 2.25. The number of likely N-dealkylation sites (tertiary alicyclic amines) is 1. The molecule has 3 heterocycles. The number of nitrogens with zero attached hydrogens (tertiary/aromatic N) is 3. The number of fused-ring (bicyclic) bond motifs is 2. The Hall–Kier alpha value is -2.92. The molecule has 31 heavy (non-hydrogen) atoms. The summed E-state index contributed by atoms with van der Waals surface area (Å²) in [5.41, 5.74) is 5.98. The van der Waals surface area contributed by atoms with Crippen LogP contribution in [0.4, 0.5) is 0 Å². The second-order valence-corrected chi connectivity index (χ2v) is 8.96. The molecule has 0 saturated carbocycles. The first kappa shape index (κ1) is 20.0. The van der Waals surface area contributed by atoms with E-state index in [2.05, 4.69) is 51.8 Å². The van der Waals surface area contributed by atoms with Gasteiger partial charge in [-0.3, -0.25) is 9.69 Å². The molecular formula is C26H30N4O. The van der Waals surface area contributed by atoms with E-state index in [1.807, 2.05) is 25.2 Å². The van der Waals surface area contributed by atoms with Crippen LogP contribution in [0.5, 0.6) is 0 Å². The van der Waals surface area contributed by atoms with Crippen LogP contribution in [0, 0.1) is 12.8 Å². The highest BCUT2D eigenvalue weighted by molar-refractivity contribution is 5.84. The van der Waals surface area contributed by atoms with Crippen LogP contribution in [0.2, 0.25) is 0 Å². The first-order valence-electron chi connectivity index (χ1n) is 11.3. The van der Waals surface area contributed by atoms with Crippen molar-refractivity contribution >= 4 is 27.7 Å². The first-order chi connectivity index (χ1) is 15.1. The number of imidazole rings is 1. The van der Waals surface area contributed by atoms with Gasteiger partial charge in [0.1, 0.15) is 11.6 Å². The molecule has 160 valence electrons. The Morgan fingerprint density at radius 1 is 1.16 bits per heavy atom. The monoisotopic (exact) mass is 414 g/mol. The Kier molecular flexibility index (Phi) is 5.36. The smallest absolute Gasteiger partial charge is 0.136 e. The third-order valence-electron chi connectivity index (χ3n) is 6.83. The SMILES string of the molecule is Cc1ccc2[nH]cc(CN3CCC(C(=O)CCc4nc5ccccc5n4C)CC3)c2c1. The number of para-hydroxylation sites is 2. The predicted octanol–water partition coefficient (Wildman–Crippen LogP) is 4.78. The Bertz CT molecular complexity index is 1230. The lowest BCUT2D eigenvalue weighted by atomic mass is 9.90. The number of aryl methyl sites for hydroxylation is 3. The number of benzene rings is 2. The molecule has 5 heteroatoms. The lowest BCUT2D eigenvalue weighted by Gasteiger charge is -2.31. The fourth-order valence-electron chi connectivity index (χ4n) is 4.94. The third kappa shape index (κ3) is 4.02. The number of aromatic nitrogens is 3. The molecule has 0 radical (unpaired) electrons. The van der Waals surface area contributed by atoms with E-state index in [1.165, 1.54) is 22.0 Å². The van der Waals surface area contributed by atoms with E-state index in [1.54, 1.807) is 0 Å². The highest BCUT2D eigenvalue weighted by atomic mass is 16.1. The van der Waals surface area contributed by atoms with Gasteiger partial charge in [0.15, 0.2) is 0 Å². The van der Waals surface area contributed by atoms with Crippen molar-refractivity contribution in [3.05, 3.63) is 65.6 Å². The zero-order chi connectivity index (χ0) is 21.4. The molecule has 1 aliphatic heterocycles. The molecule has 2 aromatic carbocycles. The number of ketones is 1. The van der Waals surface area contributed by atoms with E-state index in [9.17, 15) is 4.79 Å². The summed E-state index contributed by atoms with van der Waals surface area (Å²) < 4.78 is 2.12. The van der Waals surface area contributed by atoms with Gasteiger partial charge in [-0.05, 0) is 62.7 Å². The fraction of sp³-hybridized carbons (Fsp3) is 0.385. The number of nitrogens with one attached hydrogen (secondary N) is 1. The molecule has 4 aromatic rings. The van der Waals surface area contributed by atoms with E-state index in [-0.39, 0.29) is 5.92 Å². The van der Waals surface area contributed by atoms with E-state index < -0.39 is 0 Å². The van der Waals surface area contributed by atoms with Crippen molar-refractivity contribution in [2.75, 3.05) is 13.1 Å². The maximum atomic E-state index is 12.9. The average molecular weight is 415 g/mol. The molecule has 1 saturated heterocycles. The van der Waals surface area contributed by atoms with E-state index >= 15 is 0 Å². The molecule has 0 unspecified atom stereocenters. The summed E-state index contributed by atoms with van der Waals surface area (Å²) in [7, 11) is 2.04. The number of piperidine rings is 1. The maximum Gasteiger partial charge on any atom is 0.136 e. The summed E-state index contributed by atoms with van der Waals surface area (Å²) in [6.07, 6.45) is 5.37. The largest absolute Gasteiger partial charge is 0.361 e. The molecule has 0 spiro atoms. The molecule has 5 rings (SSSR count). The van der Waals surface area contributed by atoms with Gasteiger partial charge in [0.2, 0.25) is 0 Å². The number of Topliss-reactive ketones (excluding diaryl/α,β-unsaturated/α-hetero) is 1. The zero-order valence-corrected chi connectivity index (χ0v) is 18.4. The van der Waals surface area contributed by atoms with Crippen molar-refractivity contribution in [1.82, 2.24) is 19.4 Å². The second kappa shape index (κ2) is 8.31. The minimum Gasteiger partial charge on any atom is -0.361 e. The molecule has 0 aliphatic carbocycles. The first-order valence-corrected chi connectivity index (χ1v) is 11.3. The van der Waals surface area contributed by atoms with Gasteiger partial charge in [0.25, 0.3) is 0 Å². The van der Waals surface area contributed by atoms with Crippen LogP contribution in [0.3, 0.4) is 0 Å². The predicted molar refractivity (Wildman–Crippen MR) is 125 cm³/mol. The number of carbonyl (C=O) groups is 1. The van der Waals surface area contributed by atoms with Gasteiger partial charge in [-0.15, -0.1) is 0 Å². The fourth-order valence-corrected chi connectivity index (χ4v) is 4.94. The number of aromatic amines is 1. The summed E-state index contributed by atoms with van der Waals surface area (Å²) >= 11 is 0. The standard InChI is InChI=1S/C26H30N4O/c1-18-7-8-22-21(15-18)20(16-27-22)17-30-13-11-19(12-14-30)25(31)9-10-26-28-23-5-3-4-6-24(23)29(26)2/h3-8,15-16,19,27H,9-14,17H2,1-2H3. The van der Waals surface area contributed by atoms with Gasteiger partial charge in [-0.2, -0.15) is 0 Å². The normalized spacial score (nSPS) is 15.8.